The molecule has 0 bridgehead atoms. The molecule has 0 aromatic heterocycles. The van der Waals surface area contributed by atoms with E-state index in [2.05, 4.69) is 24.1 Å². The van der Waals surface area contributed by atoms with Crippen LogP contribution in [0, 0.1) is 12.8 Å². The Labute approximate surface area is 121 Å². The van der Waals surface area contributed by atoms with Gasteiger partial charge in [0.2, 0.25) is 5.91 Å². The van der Waals surface area contributed by atoms with Crippen molar-refractivity contribution in [3.63, 3.8) is 0 Å². The fraction of sp³-hybridized carbons (Fsp3) is 0.562. The Morgan fingerprint density at radius 1 is 1.45 bits per heavy atom. The molecule has 1 aromatic carbocycles. The number of nitrogens with one attached hydrogen (secondary N) is 1. The summed E-state index contributed by atoms with van der Waals surface area (Å²) >= 11 is 0. The molecule has 1 heterocycles. The van der Waals surface area contributed by atoms with Crippen LogP contribution in [0.2, 0.25) is 0 Å². The number of anilines is 2. The maximum Gasteiger partial charge on any atom is 0.238 e. The van der Waals surface area contributed by atoms with Crippen LogP contribution >= 0.6 is 0 Å². The summed E-state index contributed by atoms with van der Waals surface area (Å²) in [5.74, 6) is 0.802. The monoisotopic (exact) mass is 275 g/mol. The van der Waals surface area contributed by atoms with Crippen LogP contribution in [0.15, 0.2) is 18.2 Å². The minimum Gasteiger partial charge on any atom is -0.398 e. The van der Waals surface area contributed by atoms with Crippen LogP contribution in [-0.4, -0.2) is 29.9 Å². The number of nitrogens with two attached hydrogens (primary N) is 1. The average molecular weight is 275 g/mol. The van der Waals surface area contributed by atoms with Crippen molar-refractivity contribution < 1.29 is 4.79 Å². The molecule has 1 saturated heterocycles. The van der Waals surface area contributed by atoms with Gasteiger partial charge in [-0.1, -0.05) is 13.0 Å². The summed E-state index contributed by atoms with van der Waals surface area (Å²) in [7, 11) is 0. The van der Waals surface area contributed by atoms with Gasteiger partial charge in [0.1, 0.15) is 0 Å². The number of carbonyl (C=O) groups excluding carboxylic acids is 1. The molecule has 1 aliphatic rings. The summed E-state index contributed by atoms with van der Waals surface area (Å²) in [4.78, 5) is 14.4. The van der Waals surface area contributed by atoms with Crippen molar-refractivity contribution in [3.05, 3.63) is 23.8 Å². The number of hydrogen-bond acceptors (Lipinski definition) is 3. The Kier molecular flexibility index (Phi) is 4.65. The number of likely N-dealkylation sites (tertiary alicyclic amines) is 1. The number of hydrogen-bond donors (Lipinski definition) is 2. The highest BCUT2D eigenvalue weighted by Gasteiger charge is 2.24. The number of benzene rings is 1. The van der Waals surface area contributed by atoms with E-state index in [9.17, 15) is 4.79 Å². The second kappa shape index (κ2) is 6.27. The molecule has 3 N–H and O–H groups in total. The molecule has 1 aliphatic heterocycles. The first-order chi connectivity index (χ1) is 9.45. The second-order valence-electron chi connectivity index (χ2n) is 6.07. The fourth-order valence-electron chi connectivity index (χ4n) is 2.79. The molecule has 2 atom stereocenters. The Balaban J connectivity index is 1.90. The molecule has 110 valence electrons. The summed E-state index contributed by atoms with van der Waals surface area (Å²) in [6.07, 6.45) is 2.35. The van der Waals surface area contributed by atoms with Gasteiger partial charge in [-0.15, -0.1) is 0 Å². The molecule has 1 amide bonds. The van der Waals surface area contributed by atoms with Crippen LogP contribution in [0.25, 0.3) is 0 Å². The largest absolute Gasteiger partial charge is 0.398 e. The van der Waals surface area contributed by atoms with Gasteiger partial charge in [-0.2, -0.15) is 0 Å². The highest BCUT2D eigenvalue weighted by molar-refractivity contribution is 5.92. The van der Waals surface area contributed by atoms with E-state index >= 15 is 0 Å². The van der Waals surface area contributed by atoms with E-state index in [4.69, 9.17) is 5.73 Å². The van der Waals surface area contributed by atoms with Gasteiger partial charge in [0.25, 0.3) is 0 Å². The van der Waals surface area contributed by atoms with E-state index in [1.54, 1.807) is 0 Å². The number of aryl methyl sites for hydroxylation is 1. The van der Waals surface area contributed by atoms with Gasteiger partial charge in [0.15, 0.2) is 0 Å². The van der Waals surface area contributed by atoms with Crippen molar-refractivity contribution in [1.82, 2.24) is 4.90 Å². The van der Waals surface area contributed by atoms with Gasteiger partial charge < -0.3 is 11.1 Å². The van der Waals surface area contributed by atoms with Crippen molar-refractivity contribution in [2.45, 2.75) is 39.7 Å². The number of nitrogens with zero attached hydrogens (tertiary/aromatic N) is 1. The Bertz CT molecular complexity index is 487. The van der Waals surface area contributed by atoms with Crippen LogP contribution in [-0.2, 0) is 4.79 Å². The van der Waals surface area contributed by atoms with E-state index in [0.717, 1.165) is 23.7 Å². The van der Waals surface area contributed by atoms with E-state index in [1.165, 1.54) is 12.8 Å². The lowest BCUT2D eigenvalue weighted by Gasteiger charge is -2.35. The van der Waals surface area contributed by atoms with E-state index in [-0.39, 0.29) is 5.91 Å². The summed E-state index contributed by atoms with van der Waals surface area (Å²) in [6, 6.07) is 6.11. The standard InChI is InChI=1S/C16H25N3O/c1-11-6-7-19(13(3)8-11)10-16(20)18-14-5-4-12(2)15(17)9-14/h4-5,9,11,13H,6-8,10,17H2,1-3H3,(H,18,20). The fourth-order valence-corrected chi connectivity index (χ4v) is 2.79. The molecular formula is C16H25N3O. The number of carbonyl (C=O) groups is 1. The topological polar surface area (TPSA) is 58.4 Å². The number of piperidine rings is 1. The first kappa shape index (κ1) is 14.9. The summed E-state index contributed by atoms with van der Waals surface area (Å²) < 4.78 is 0. The van der Waals surface area contributed by atoms with Crippen LogP contribution < -0.4 is 11.1 Å². The highest BCUT2D eigenvalue weighted by Crippen LogP contribution is 2.22. The first-order valence-corrected chi connectivity index (χ1v) is 7.35. The van der Waals surface area contributed by atoms with Crippen LogP contribution in [0.1, 0.15) is 32.3 Å². The lowest BCUT2D eigenvalue weighted by molar-refractivity contribution is -0.118. The van der Waals surface area contributed by atoms with Gasteiger partial charge >= 0.3 is 0 Å². The maximum absolute atomic E-state index is 12.1. The molecule has 4 nitrogen and oxygen atoms in total. The van der Waals surface area contributed by atoms with Gasteiger partial charge in [0.05, 0.1) is 6.54 Å². The maximum atomic E-state index is 12.1. The zero-order valence-corrected chi connectivity index (χ0v) is 12.6. The summed E-state index contributed by atoms with van der Waals surface area (Å²) in [5.41, 5.74) is 8.37. The lowest BCUT2D eigenvalue weighted by Crippen LogP contribution is -2.44. The summed E-state index contributed by atoms with van der Waals surface area (Å²) in [6.45, 7) is 7.90. The number of nitrogen functional groups attached to an aromatic ring is 1. The molecule has 0 radical (unpaired) electrons. The normalized spacial score (nSPS) is 23.6. The smallest absolute Gasteiger partial charge is 0.238 e. The first-order valence-electron chi connectivity index (χ1n) is 7.35. The molecule has 20 heavy (non-hydrogen) atoms. The van der Waals surface area contributed by atoms with Gasteiger partial charge in [0, 0.05) is 17.4 Å². The SMILES string of the molecule is Cc1ccc(NC(=O)CN2CCC(C)CC2C)cc1N. The molecule has 0 spiro atoms. The lowest BCUT2D eigenvalue weighted by atomic mass is 9.93. The third-order valence-electron chi connectivity index (χ3n) is 4.19. The quantitative estimate of drug-likeness (QED) is 0.834. The van der Waals surface area contributed by atoms with Crippen molar-refractivity contribution in [2.24, 2.45) is 5.92 Å². The van der Waals surface area contributed by atoms with Gasteiger partial charge in [-0.05, 0) is 56.8 Å². The van der Waals surface area contributed by atoms with Crippen LogP contribution in [0.4, 0.5) is 11.4 Å². The molecule has 2 unspecified atom stereocenters. The van der Waals surface area contributed by atoms with Crippen LogP contribution in [0.3, 0.4) is 0 Å². The average Bonchev–Trinajstić information content (AvgIpc) is 2.37. The minimum absolute atomic E-state index is 0.0367. The Hall–Kier alpha value is -1.55. The molecule has 0 saturated carbocycles. The summed E-state index contributed by atoms with van der Waals surface area (Å²) in [5, 5.41) is 2.93. The number of rotatable bonds is 3. The zero-order valence-electron chi connectivity index (χ0n) is 12.6. The zero-order chi connectivity index (χ0) is 14.7. The highest BCUT2D eigenvalue weighted by atomic mass is 16.2. The van der Waals surface area contributed by atoms with Crippen molar-refractivity contribution >= 4 is 17.3 Å². The van der Waals surface area contributed by atoms with Crippen LogP contribution in [0.5, 0.6) is 0 Å². The van der Waals surface area contributed by atoms with E-state index in [0.29, 0.717) is 18.3 Å². The third-order valence-corrected chi connectivity index (χ3v) is 4.19. The van der Waals surface area contributed by atoms with Crippen molar-refractivity contribution in [2.75, 3.05) is 24.1 Å². The molecule has 2 rings (SSSR count). The Morgan fingerprint density at radius 3 is 2.85 bits per heavy atom. The predicted molar refractivity (Wildman–Crippen MR) is 83.7 cm³/mol. The van der Waals surface area contributed by atoms with Crippen molar-refractivity contribution in [3.8, 4) is 0 Å². The Morgan fingerprint density at radius 2 is 2.20 bits per heavy atom. The molecular weight excluding hydrogens is 250 g/mol. The molecule has 1 fully saturated rings. The predicted octanol–water partition coefficient (Wildman–Crippen LogP) is 2.64. The van der Waals surface area contributed by atoms with Gasteiger partial charge in [-0.3, -0.25) is 9.69 Å². The molecule has 1 aromatic rings. The minimum atomic E-state index is 0.0367. The number of amides is 1. The third kappa shape index (κ3) is 3.73. The molecule has 4 heteroatoms. The van der Waals surface area contributed by atoms with Gasteiger partial charge in [-0.25, -0.2) is 0 Å². The molecule has 0 aliphatic carbocycles. The van der Waals surface area contributed by atoms with Crippen molar-refractivity contribution in [1.29, 1.82) is 0 Å². The second-order valence-corrected chi connectivity index (χ2v) is 6.07. The van der Waals surface area contributed by atoms with E-state index in [1.807, 2.05) is 25.1 Å². The van der Waals surface area contributed by atoms with E-state index < -0.39 is 0 Å².